The Morgan fingerprint density at radius 2 is 2.62 bits per heavy atom. The van der Waals surface area contributed by atoms with Crippen LogP contribution in [0.15, 0.2) is 18.3 Å². The Hall–Kier alpha value is -1.64. The predicted octanol–water partition coefficient (Wildman–Crippen LogP) is 0.320. The van der Waals surface area contributed by atoms with Gasteiger partial charge in [0.2, 0.25) is 0 Å². The number of hydrogen-bond donors (Lipinski definition) is 1. The van der Waals surface area contributed by atoms with Crippen molar-refractivity contribution >= 4 is 0 Å². The molecule has 1 aliphatic heterocycles. The highest BCUT2D eigenvalue weighted by Gasteiger charge is 2.14. The minimum atomic E-state index is 0.0421. The molecule has 0 bridgehead atoms. The zero-order valence-electron chi connectivity index (χ0n) is 8.85. The van der Waals surface area contributed by atoms with Gasteiger partial charge in [-0.05, 0) is 12.1 Å². The van der Waals surface area contributed by atoms with E-state index in [1.54, 1.807) is 18.3 Å². The van der Waals surface area contributed by atoms with E-state index in [9.17, 15) is 0 Å². The largest absolute Gasteiger partial charge is 0.488 e. The highest BCUT2D eigenvalue weighted by molar-refractivity contribution is 5.36. The molecular weight excluding hydrogens is 206 g/mol. The molecule has 1 saturated heterocycles. The third kappa shape index (κ3) is 2.69. The van der Waals surface area contributed by atoms with Gasteiger partial charge in [-0.3, -0.25) is 0 Å². The summed E-state index contributed by atoms with van der Waals surface area (Å²) in [6.45, 7) is 2.80. The van der Waals surface area contributed by atoms with Gasteiger partial charge in [-0.1, -0.05) is 0 Å². The quantitative estimate of drug-likeness (QED) is 0.793. The topological polar surface area (TPSA) is 67.2 Å². The number of nitriles is 1. The van der Waals surface area contributed by atoms with Gasteiger partial charge in [-0.25, -0.2) is 4.98 Å². The Morgan fingerprint density at radius 3 is 3.38 bits per heavy atom. The summed E-state index contributed by atoms with van der Waals surface area (Å²) in [7, 11) is 0. The number of nitrogens with one attached hydrogen (secondary N) is 1. The first-order valence-corrected chi connectivity index (χ1v) is 5.20. The normalized spacial score (nSPS) is 20.1. The fraction of sp³-hybridized carbons (Fsp3) is 0.455. The Bertz CT molecular complexity index is 383. The molecule has 0 aromatic carbocycles. The molecule has 0 amide bonds. The predicted molar refractivity (Wildman–Crippen MR) is 57.1 cm³/mol. The molecule has 0 spiro atoms. The lowest BCUT2D eigenvalue weighted by molar-refractivity contribution is 0.0000656. The molecule has 1 aromatic heterocycles. The van der Waals surface area contributed by atoms with Crippen LogP contribution in [0.1, 0.15) is 5.69 Å². The summed E-state index contributed by atoms with van der Waals surface area (Å²) in [5, 5.41) is 12.0. The minimum absolute atomic E-state index is 0.0421. The second-order valence-electron chi connectivity index (χ2n) is 3.47. The van der Waals surface area contributed by atoms with Gasteiger partial charge >= 0.3 is 0 Å². The van der Waals surface area contributed by atoms with Crippen LogP contribution in [-0.4, -0.2) is 37.4 Å². The molecule has 0 radical (unpaired) electrons. The standard InChI is InChI=1S/C11H13N3O2/c12-6-10-11(2-1-3-14-10)16-8-9-7-13-4-5-15-9/h1-3,9,13H,4-5,7-8H2. The minimum Gasteiger partial charge on any atom is -0.488 e. The molecule has 1 aromatic rings. The first-order valence-electron chi connectivity index (χ1n) is 5.20. The number of morpholine rings is 1. The van der Waals surface area contributed by atoms with Gasteiger partial charge in [0.1, 0.15) is 18.8 Å². The van der Waals surface area contributed by atoms with E-state index in [2.05, 4.69) is 10.3 Å². The Kier molecular flexibility index (Phi) is 3.70. The van der Waals surface area contributed by atoms with E-state index in [1.807, 2.05) is 6.07 Å². The van der Waals surface area contributed by atoms with E-state index >= 15 is 0 Å². The van der Waals surface area contributed by atoms with E-state index in [1.165, 1.54) is 0 Å². The van der Waals surface area contributed by atoms with Gasteiger partial charge < -0.3 is 14.8 Å². The Balaban J connectivity index is 1.91. The fourth-order valence-electron chi connectivity index (χ4n) is 1.50. The van der Waals surface area contributed by atoms with Crippen LogP contribution >= 0.6 is 0 Å². The lowest BCUT2D eigenvalue weighted by Crippen LogP contribution is -2.41. The van der Waals surface area contributed by atoms with Gasteiger partial charge in [0.15, 0.2) is 11.4 Å². The van der Waals surface area contributed by atoms with Crippen molar-refractivity contribution in [1.82, 2.24) is 10.3 Å². The van der Waals surface area contributed by atoms with Crippen molar-refractivity contribution < 1.29 is 9.47 Å². The molecule has 84 valence electrons. The summed E-state index contributed by atoms with van der Waals surface area (Å²) < 4.78 is 11.0. The molecule has 1 atom stereocenters. The van der Waals surface area contributed by atoms with Crippen molar-refractivity contribution in [2.75, 3.05) is 26.3 Å². The summed E-state index contributed by atoms with van der Waals surface area (Å²) in [5.41, 5.74) is 0.311. The molecule has 0 saturated carbocycles. The highest BCUT2D eigenvalue weighted by Crippen LogP contribution is 2.14. The Morgan fingerprint density at radius 1 is 1.69 bits per heavy atom. The van der Waals surface area contributed by atoms with Crippen molar-refractivity contribution in [3.63, 3.8) is 0 Å². The molecule has 1 fully saturated rings. The second kappa shape index (κ2) is 5.45. The number of rotatable bonds is 3. The summed E-state index contributed by atoms with van der Waals surface area (Å²) >= 11 is 0. The van der Waals surface area contributed by atoms with E-state index in [-0.39, 0.29) is 6.10 Å². The van der Waals surface area contributed by atoms with Crippen molar-refractivity contribution in [3.05, 3.63) is 24.0 Å². The highest BCUT2D eigenvalue weighted by atomic mass is 16.5. The van der Waals surface area contributed by atoms with Gasteiger partial charge in [0.25, 0.3) is 0 Å². The number of pyridine rings is 1. The number of hydrogen-bond acceptors (Lipinski definition) is 5. The average molecular weight is 219 g/mol. The Labute approximate surface area is 94.0 Å². The average Bonchev–Trinajstić information content (AvgIpc) is 2.38. The maximum absolute atomic E-state index is 8.82. The molecule has 1 aliphatic rings. The molecule has 16 heavy (non-hydrogen) atoms. The van der Waals surface area contributed by atoms with Crippen molar-refractivity contribution in [2.24, 2.45) is 0 Å². The first-order chi connectivity index (χ1) is 7.90. The maximum Gasteiger partial charge on any atom is 0.182 e. The van der Waals surface area contributed by atoms with Crippen molar-refractivity contribution in [2.45, 2.75) is 6.10 Å². The lowest BCUT2D eigenvalue weighted by Gasteiger charge is -2.23. The molecule has 1 N–H and O–H groups in total. The molecule has 2 rings (SSSR count). The van der Waals surface area contributed by atoms with Crippen LogP contribution in [0, 0.1) is 11.3 Å². The number of nitrogens with zero attached hydrogens (tertiary/aromatic N) is 2. The van der Waals surface area contributed by atoms with Gasteiger partial charge in [-0.2, -0.15) is 5.26 Å². The first kappa shape index (κ1) is 10.9. The summed E-state index contributed by atoms with van der Waals surface area (Å²) in [6, 6.07) is 5.47. The third-order valence-electron chi connectivity index (χ3n) is 2.31. The smallest absolute Gasteiger partial charge is 0.182 e. The molecule has 5 nitrogen and oxygen atoms in total. The van der Waals surface area contributed by atoms with Crippen LogP contribution in [-0.2, 0) is 4.74 Å². The second-order valence-corrected chi connectivity index (χ2v) is 3.47. The molecular formula is C11H13N3O2. The van der Waals surface area contributed by atoms with E-state index in [0.29, 0.717) is 24.7 Å². The van der Waals surface area contributed by atoms with E-state index < -0.39 is 0 Å². The van der Waals surface area contributed by atoms with Crippen LogP contribution in [0.2, 0.25) is 0 Å². The maximum atomic E-state index is 8.82. The van der Waals surface area contributed by atoms with Gasteiger partial charge in [0.05, 0.1) is 6.61 Å². The number of ether oxygens (including phenoxy) is 2. The van der Waals surface area contributed by atoms with Crippen LogP contribution in [0.3, 0.4) is 0 Å². The molecule has 1 unspecified atom stereocenters. The summed E-state index contributed by atoms with van der Waals surface area (Å²) in [6.07, 6.45) is 1.62. The molecule has 2 heterocycles. The SMILES string of the molecule is N#Cc1ncccc1OCC1CNCCO1. The van der Waals surface area contributed by atoms with Gasteiger partial charge in [0, 0.05) is 19.3 Å². The number of aromatic nitrogens is 1. The molecule has 0 aliphatic carbocycles. The lowest BCUT2D eigenvalue weighted by atomic mass is 10.3. The van der Waals surface area contributed by atoms with Crippen molar-refractivity contribution in [3.8, 4) is 11.8 Å². The zero-order valence-corrected chi connectivity index (χ0v) is 8.85. The monoisotopic (exact) mass is 219 g/mol. The zero-order chi connectivity index (χ0) is 11.2. The fourth-order valence-corrected chi connectivity index (χ4v) is 1.50. The van der Waals surface area contributed by atoms with Gasteiger partial charge in [-0.15, -0.1) is 0 Å². The molecule has 5 heteroatoms. The van der Waals surface area contributed by atoms with Crippen LogP contribution in [0.25, 0.3) is 0 Å². The summed E-state index contributed by atoms with van der Waals surface area (Å²) in [5.74, 6) is 0.513. The summed E-state index contributed by atoms with van der Waals surface area (Å²) in [4.78, 5) is 3.92. The van der Waals surface area contributed by atoms with E-state index in [4.69, 9.17) is 14.7 Å². The van der Waals surface area contributed by atoms with Crippen LogP contribution in [0.5, 0.6) is 5.75 Å². The van der Waals surface area contributed by atoms with Crippen molar-refractivity contribution in [1.29, 1.82) is 5.26 Å². The van der Waals surface area contributed by atoms with Crippen LogP contribution < -0.4 is 10.1 Å². The van der Waals surface area contributed by atoms with E-state index in [0.717, 1.165) is 13.1 Å². The van der Waals surface area contributed by atoms with Crippen LogP contribution in [0.4, 0.5) is 0 Å². The third-order valence-corrected chi connectivity index (χ3v) is 2.31.